The van der Waals surface area contributed by atoms with Gasteiger partial charge in [-0.1, -0.05) is 29.8 Å². The van der Waals surface area contributed by atoms with Crippen molar-refractivity contribution in [1.29, 1.82) is 0 Å². The van der Waals surface area contributed by atoms with Crippen LogP contribution in [0, 0.1) is 5.82 Å². The molecule has 0 spiro atoms. The van der Waals surface area contributed by atoms with Crippen LogP contribution in [0.5, 0.6) is 5.75 Å². The summed E-state index contributed by atoms with van der Waals surface area (Å²) in [6.07, 6.45) is -0.795. The maximum Gasteiger partial charge on any atom is 0.129 e. The second-order valence-corrected chi connectivity index (χ2v) is 6.92. The fourth-order valence-corrected chi connectivity index (χ4v) is 3.23. The average Bonchev–Trinajstić information content (AvgIpc) is 2.65. The van der Waals surface area contributed by atoms with Crippen molar-refractivity contribution in [1.82, 2.24) is 9.80 Å². The molecule has 0 saturated carbocycles. The van der Waals surface area contributed by atoms with Crippen LogP contribution in [0.1, 0.15) is 11.7 Å². The molecule has 26 heavy (non-hydrogen) atoms. The molecule has 1 saturated heterocycles. The molecule has 3 rings (SSSR count). The van der Waals surface area contributed by atoms with E-state index in [2.05, 4.69) is 9.80 Å². The van der Waals surface area contributed by atoms with Gasteiger partial charge in [-0.2, -0.15) is 0 Å². The van der Waals surface area contributed by atoms with Crippen LogP contribution in [-0.2, 0) is 0 Å². The van der Waals surface area contributed by atoms with Gasteiger partial charge in [-0.05, 0) is 30.3 Å². The molecule has 1 aliphatic rings. The number of β-amino-alcohol motifs (C(OH)–C–C–N with tert-alkyl or cyclic N) is 1. The summed E-state index contributed by atoms with van der Waals surface area (Å²) in [5, 5.41) is 11.0. The van der Waals surface area contributed by atoms with Crippen molar-refractivity contribution in [2.75, 3.05) is 45.9 Å². The molecule has 4 nitrogen and oxygen atoms in total. The number of ether oxygens (including phenoxy) is 1. The Labute approximate surface area is 158 Å². The molecule has 0 aromatic heterocycles. The Hall–Kier alpha value is -1.66. The second-order valence-electron chi connectivity index (χ2n) is 6.48. The minimum atomic E-state index is -0.795. The van der Waals surface area contributed by atoms with Crippen LogP contribution in [0.2, 0.25) is 5.02 Å². The Balaban J connectivity index is 1.37. The molecule has 1 atom stereocenters. The number of benzene rings is 2. The van der Waals surface area contributed by atoms with Crippen molar-refractivity contribution >= 4 is 11.6 Å². The first-order valence-corrected chi connectivity index (χ1v) is 9.25. The molecule has 6 heteroatoms. The van der Waals surface area contributed by atoms with E-state index < -0.39 is 6.10 Å². The molecule has 1 N–H and O–H groups in total. The molecule has 0 bridgehead atoms. The number of aliphatic hydroxyl groups excluding tert-OH is 1. The third kappa shape index (κ3) is 5.42. The van der Waals surface area contributed by atoms with Crippen molar-refractivity contribution in [2.24, 2.45) is 0 Å². The zero-order chi connectivity index (χ0) is 18.4. The summed E-state index contributed by atoms with van der Waals surface area (Å²) in [6.45, 7) is 5.46. The Morgan fingerprint density at radius 1 is 1.00 bits per heavy atom. The van der Waals surface area contributed by atoms with E-state index in [-0.39, 0.29) is 5.82 Å². The van der Waals surface area contributed by atoms with Gasteiger partial charge in [-0.15, -0.1) is 0 Å². The lowest BCUT2D eigenvalue weighted by molar-refractivity contribution is 0.0661. The molecular weight excluding hydrogens is 355 g/mol. The quantitative estimate of drug-likeness (QED) is 0.802. The van der Waals surface area contributed by atoms with Gasteiger partial charge in [0.1, 0.15) is 18.2 Å². The van der Waals surface area contributed by atoms with Gasteiger partial charge in [-0.3, -0.25) is 9.80 Å². The smallest absolute Gasteiger partial charge is 0.129 e. The third-order valence-corrected chi connectivity index (χ3v) is 4.90. The predicted molar refractivity (Wildman–Crippen MR) is 101 cm³/mol. The first kappa shape index (κ1) is 19.1. The zero-order valence-corrected chi connectivity index (χ0v) is 15.4. The molecule has 0 amide bonds. The highest BCUT2D eigenvalue weighted by Gasteiger charge is 2.21. The average molecular weight is 379 g/mol. The Bertz CT molecular complexity index is 690. The summed E-state index contributed by atoms with van der Waals surface area (Å²) in [7, 11) is 0. The normalized spacial score (nSPS) is 17.2. The summed E-state index contributed by atoms with van der Waals surface area (Å²) >= 11 is 5.86. The van der Waals surface area contributed by atoms with Crippen molar-refractivity contribution < 1.29 is 14.2 Å². The van der Waals surface area contributed by atoms with Gasteiger partial charge in [0, 0.05) is 49.9 Å². The molecule has 2 aromatic rings. The summed E-state index contributed by atoms with van der Waals surface area (Å²) in [4.78, 5) is 4.51. The fraction of sp³-hybridized carbons (Fsp3) is 0.400. The minimum Gasteiger partial charge on any atom is -0.492 e. The molecule has 1 fully saturated rings. The first-order valence-electron chi connectivity index (χ1n) is 8.87. The van der Waals surface area contributed by atoms with Crippen molar-refractivity contribution in [3.8, 4) is 5.75 Å². The molecule has 0 aliphatic carbocycles. The number of hydrogen-bond acceptors (Lipinski definition) is 4. The Kier molecular flexibility index (Phi) is 6.86. The van der Waals surface area contributed by atoms with Gasteiger partial charge < -0.3 is 9.84 Å². The molecule has 2 aromatic carbocycles. The number of aliphatic hydroxyl groups is 1. The second kappa shape index (κ2) is 9.33. The van der Waals surface area contributed by atoms with E-state index in [9.17, 15) is 9.50 Å². The molecule has 1 aliphatic heterocycles. The minimum absolute atomic E-state index is 0.349. The van der Waals surface area contributed by atoms with Gasteiger partial charge in [0.25, 0.3) is 0 Å². The predicted octanol–water partition coefficient (Wildman–Crippen LogP) is 3.21. The lowest BCUT2D eigenvalue weighted by Crippen LogP contribution is -2.48. The highest BCUT2D eigenvalue weighted by atomic mass is 35.5. The summed E-state index contributed by atoms with van der Waals surface area (Å²) in [6, 6.07) is 13.8. The maximum absolute atomic E-state index is 13.7. The van der Waals surface area contributed by atoms with Crippen LogP contribution in [-0.4, -0.2) is 60.8 Å². The van der Waals surface area contributed by atoms with Gasteiger partial charge in [0.15, 0.2) is 0 Å². The summed E-state index contributed by atoms with van der Waals surface area (Å²) < 4.78 is 19.5. The van der Waals surface area contributed by atoms with Crippen LogP contribution in [0.3, 0.4) is 0 Å². The summed E-state index contributed by atoms with van der Waals surface area (Å²) in [5.74, 6) is 0.471. The monoisotopic (exact) mass is 378 g/mol. The lowest BCUT2D eigenvalue weighted by atomic mass is 10.1. The van der Waals surface area contributed by atoms with Crippen molar-refractivity contribution in [3.63, 3.8) is 0 Å². The largest absolute Gasteiger partial charge is 0.492 e. The van der Waals surface area contributed by atoms with E-state index in [4.69, 9.17) is 16.3 Å². The molecule has 1 heterocycles. The van der Waals surface area contributed by atoms with Gasteiger partial charge in [-0.25, -0.2) is 4.39 Å². The van der Waals surface area contributed by atoms with Crippen molar-refractivity contribution in [3.05, 3.63) is 64.9 Å². The number of nitrogens with zero attached hydrogens (tertiary/aromatic N) is 2. The van der Waals surface area contributed by atoms with E-state index in [1.54, 1.807) is 18.2 Å². The fourth-order valence-electron chi connectivity index (χ4n) is 3.11. The Morgan fingerprint density at radius 2 is 1.65 bits per heavy atom. The molecule has 0 unspecified atom stereocenters. The third-order valence-electron chi connectivity index (χ3n) is 4.65. The van der Waals surface area contributed by atoms with E-state index in [1.807, 2.05) is 24.3 Å². The van der Waals surface area contributed by atoms with Gasteiger partial charge in [0.2, 0.25) is 0 Å². The SMILES string of the molecule is O[C@@H](CN1CCN(CCOc2ccc(Cl)cc2)CC1)c1ccccc1F. The molecule has 0 radical (unpaired) electrons. The van der Waals surface area contributed by atoms with Crippen molar-refractivity contribution in [2.45, 2.75) is 6.10 Å². The van der Waals surface area contributed by atoms with Crippen LogP contribution in [0.15, 0.2) is 48.5 Å². The van der Waals surface area contributed by atoms with Gasteiger partial charge in [0.05, 0.1) is 6.10 Å². The zero-order valence-electron chi connectivity index (χ0n) is 14.7. The topological polar surface area (TPSA) is 35.9 Å². The lowest BCUT2D eigenvalue weighted by Gasteiger charge is -2.35. The number of halogens is 2. The van der Waals surface area contributed by atoms with Crippen LogP contribution >= 0.6 is 11.6 Å². The Morgan fingerprint density at radius 3 is 2.35 bits per heavy atom. The number of rotatable bonds is 7. The van der Waals surface area contributed by atoms with Gasteiger partial charge >= 0.3 is 0 Å². The maximum atomic E-state index is 13.7. The first-order chi connectivity index (χ1) is 12.6. The molecular formula is C20H24ClFN2O2. The summed E-state index contributed by atoms with van der Waals surface area (Å²) in [5.41, 5.74) is 0.367. The highest BCUT2D eigenvalue weighted by molar-refractivity contribution is 6.30. The highest BCUT2D eigenvalue weighted by Crippen LogP contribution is 2.19. The van der Waals surface area contributed by atoms with E-state index >= 15 is 0 Å². The number of hydrogen-bond donors (Lipinski definition) is 1. The van der Waals surface area contributed by atoms with E-state index in [0.29, 0.717) is 23.7 Å². The van der Waals surface area contributed by atoms with E-state index in [0.717, 1.165) is 38.5 Å². The van der Waals surface area contributed by atoms with E-state index in [1.165, 1.54) is 6.07 Å². The molecule has 140 valence electrons. The van der Waals surface area contributed by atoms with Crippen LogP contribution in [0.4, 0.5) is 4.39 Å². The van der Waals surface area contributed by atoms with Crippen LogP contribution in [0.25, 0.3) is 0 Å². The number of piperazine rings is 1. The standard InChI is InChI=1S/C20H24ClFN2O2/c21-16-5-7-17(8-6-16)26-14-13-23-9-11-24(12-10-23)15-20(25)18-3-1-2-4-19(18)22/h1-8,20,25H,9-15H2/t20-/m0/s1. The van der Waals surface area contributed by atoms with Crippen LogP contribution < -0.4 is 4.74 Å².